The predicted octanol–water partition coefficient (Wildman–Crippen LogP) is 2.69. The number of thiocarbonyl (C=S) groups is 1. The molecular weight excluding hydrogens is 420 g/mol. The molecule has 9 heteroatoms. The van der Waals surface area contributed by atoms with Crippen LogP contribution >= 0.6 is 24.0 Å². The van der Waals surface area contributed by atoms with Gasteiger partial charge >= 0.3 is 0 Å². The first kappa shape index (κ1) is 21.4. The number of hydrogen-bond acceptors (Lipinski definition) is 6. The first-order chi connectivity index (χ1) is 14.5. The maximum Gasteiger partial charge on any atom is 0.271 e. The maximum absolute atomic E-state index is 12.5. The van der Waals surface area contributed by atoms with Gasteiger partial charge in [-0.05, 0) is 23.8 Å². The zero-order chi connectivity index (χ0) is 21.3. The van der Waals surface area contributed by atoms with Gasteiger partial charge in [0.05, 0.1) is 10.5 Å². The molecule has 0 bridgehead atoms. The Bertz CT molecular complexity index is 1010. The topological polar surface area (TPSA) is 91.4 Å². The summed E-state index contributed by atoms with van der Waals surface area (Å²) in [6.45, 7) is 0.124. The summed E-state index contributed by atoms with van der Waals surface area (Å²) in [5, 5.41) is 0. The second kappa shape index (κ2) is 10.5. The minimum Gasteiger partial charge on any atom is -0.292 e. The Hall–Kier alpha value is -3.30. The van der Waals surface area contributed by atoms with E-state index in [1.165, 1.54) is 22.9 Å². The average molecular weight is 439 g/mol. The number of carbonyl (C=O) groups excluding carboxylic acids is 3. The van der Waals surface area contributed by atoms with Gasteiger partial charge in [0.15, 0.2) is 0 Å². The molecule has 3 amide bonds. The molecule has 7 nitrogen and oxygen atoms in total. The van der Waals surface area contributed by atoms with Crippen LogP contribution in [0, 0.1) is 0 Å². The van der Waals surface area contributed by atoms with Gasteiger partial charge < -0.3 is 0 Å². The number of thioether (sulfide) groups is 1. The molecule has 1 aromatic carbocycles. The number of pyridine rings is 1. The van der Waals surface area contributed by atoms with Crippen LogP contribution in [0.15, 0.2) is 71.9 Å². The third kappa shape index (κ3) is 5.85. The van der Waals surface area contributed by atoms with Gasteiger partial charge in [0.25, 0.3) is 11.8 Å². The lowest BCUT2D eigenvalue weighted by molar-refractivity contribution is -0.124. The van der Waals surface area contributed by atoms with Crippen molar-refractivity contribution >= 4 is 52.1 Å². The molecule has 1 fully saturated rings. The van der Waals surface area contributed by atoms with E-state index in [9.17, 15) is 14.4 Å². The summed E-state index contributed by atoms with van der Waals surface area (Å²) in [5.74, 6) is -1.15. The average Bonchev–Trinajstić information content (AvgIpc) is 3.04. The Labute approximate surface area is 183 Å². The molecule has 30 heavy (non-hydrogen) atoms. The first-order valence-corrected chi connectivity index (χ1v) is 10.2. The number of hydrazine groups is 1. The molecule has 2 aromatic rings. The summed E-state index contributed by atoms with van der Waals surface area (Å²) in [7, 11) is 0. The molecule has 1 aliphatic heterocycles. The van der Waals surface area contributed by atoms with Gasteiger partial charge in [-0.15, -0.1) is 0 Å². The highest BCUT2D eigenvalue weighted by molar-refractivity contribution is 8.26. The van der Waals surface area contributed by atoms with E-state index in [1.54, 1.807) is 30.5 Å². The Kier molecular flexibility index (Phi) is 7.47. The highest BCUT2D eigenvalue weighted by Crippen LogP contribution is 2.31. The van der Waals surface area contributed by atoms with Crippen molar-refractivity contribution in [2.45, 2.75) is 6.42 Å². The lowest BCUT2D eigenvalue weighted by Gasteiger charge is -2.14. The minimum atomic E-state index is -0.477. The largest absolute Gasteiger partial charge is 0.292 e. The normalized spacial score (nSPS) is 15.1. The molecule has 2 heterocycles. The summed E-state index contributed by atoms with van der Waals surface area (Å²) >= 11 is 6.45. The van der Waals surface area contributed by atoms with Crippen LogP contribution in [0.5, 0.6) is 0 Å². The highest BCUT2D eigenvalue weighted by Gasteiger charge is 2.31. The van der Waals surface area contributed by atoms with Crippen molar-refractivity contribution in [1.82, 2.24) is 20.7 Å². The Morgan fingerprint density at radius 1 is 1.13 bits per heavy atom. The Balaban J connectivity index is 1.48. The third-order valence-corrected chi connectivity index (χ3v) is 5.41. The zero-order valence-corrected chi connectivity index (χ0v) is 17.4. The van der Waals surface area contributed by atoms with Crippen LogP contribution in [0.2, 0.25) is 0 Å². The van der Waals surface area contributed by atoms with Crippen molar-refractivity contribution in [2.24, 2.45) is 0 Å². The van der Waals surface area contributed by atoms with Crippen molar-refractivity contribution < 1.29 is 14.4 Å². The van der Waals surface area contributed by atoms with Gasteiger partial charge in [-0.25, -0.2) is 0 Å². The van der Waals surface area contributed by atoms with Crippen LogP contribution < -0.4 is 10.9 Å². The fourth-order valence-corrected chi connectivity index (χ4v) is 3.75. The van der Waals surface area contributed by atoms with Crippen LogP contribution in [0.3, 0.4) is 0 Å². The fourth-order valence-electron chi connectivity index (χ4n) is 2.49. The second-order valence-electron chi connectivity index (χ2n) is 6.12. The van der Waals surface area contributed by atoms with Gasteiger partial charge in [0.2, 0.25) is 5.91 Å². The highest BCUT2D eigenvalue weighted by atomic mass is 32.2. The number of nitrogens with zero attached hydrogens (tertiary/aromatic N) is 2. The summed E-state index contributed by atoms with van der Waals surface area (Å²) in [6, 6.07) is 12.9. The van der Waals surface area contributed by atoms with E-state index in [0.717, 1.165) is 5.56 Å². The monoisotopic (exact) mass is 438 g/mol. The van der Waals surface area contributed by atoms with Crippen molar-refractivity contribution in [3.05, 3.63) is 83.0 Å². The van der Waals surface area contributed by atoms with E-state index in [-0.39, 0.29) is 18.9 Å². The Morgan fingerprint density at radius 3 is 2.67 bits per heavy atom. The number of amides is 3. The molecule has 3 rings (SSSR count). The zero-order valence-electron chi connectivity index (χ0n) is 15.8. The summed E-state index contributed by atoms with van der Waals surface area (Å²) in [6.07, 6.45) is 8.32. The molecule has 0 saturated carbocycles. The maximum atomic E-state index is 12.5. The molecule has 2 N–H and O–H groups in total. The predicted molar refractivity (Wildman–Crippen MR) is 120 cm³/mol. The number of rotatable bonds is 6. The van der Waals surface area contributed by atoms with Crippen molar-refractivity contribution in [3.8, 4) is 0 Å². The quantitative estimate of drug-likeness (QED) is 0.409. The van der Waals surface area contributed by atoms with Gasteiger partial charge in [-0.2, -0.15) is 0 Å². The molecule has 0 atom stereocenters. The van der Waals surface area contributed by atoms with E-state index in [4.69, 9.17) is 12.2 Å². The number of benzene rings is 1. The number of nitrogens with one attached hydrogen (secondary N) is 2. The Morgan fingerprint density at radius 2 is 1.93 bits per heavy atom. The van der Waals surface area contributed by atoms with E-state index >= 15 is 0 Å². The van der Waals surface area contributed by atoms with Crippen molar-refractivity contribution in [2.75, 3.05) is 6.54 Å². The van der Waals surface area contributed by atoms with Crippen LogP contribution in [0.25, 0.3) is 6.08 Å². The number of carbonyl (C=O) groups is 3. The molecule has 0 spiro atoms. The van der Waals surface area contributed by atoms with E-state index in [0.29, 0.717) is 14.8 Å². The SMILES string of the molecule is O=C(CCN1C(=O)/C(=C/C=C/c2ccccc2)SC1=S)NNC(=O)c1cccnc1. The first-order valence-electron chi connectivity index (χ1n) is 9.01. The van der Waals surface area contributed by atoms with Crippen LogP contribution in [-0.2, 0) is 9.59 Å². The smallest absolute Gasteiger partial charge is 0.271 e. The number of allylic oxidation sites excluding steroid dienone is 2. The number of aromatic nitrogens is 1. The minimum absolute atomic E-state index is 0.00705. The molecule has 152 valence electrons. The molecule has 0 aliphatic carbocycles. The van der Waals surface area contributed by atoms with Crippen LogP contribution in [0.1, 0.15) is 22.3 Å². The molecule has 1 saturated heterocycles. The summed E-state index contributed by atoms with van der Waals surface area (Å²) in [4.78, 5) is 42.1. The third-order valence-electron chi connectivity index (χ3n) is 4.01. The van der Waals surface area contributed by atoms with Crippen molar-refractivity contribution in [3.63, 3.8) is 0 Å². The number of hydrogen-bond donors (Lipinski definition) is 2. The second-order valence-corrected chi connectivity index (χ2v) is 7.80. The lowest BCUT2D eigenvalue weighted by Crippen LogP contribution is -2.43. The van der Waals surface area contributed by atoms with Gasteiger partial charge in [0, 0.05) is 25.4 Å². The molecule has 1 aliphatic rings. The fraction of sp³-hybridized carbons (Fsp3) is 0.0952. The van der Waals surface area contributed by atoms with E-state index in [2.05, 4.69) is 15.8 Å². The molecule has 1 aromatic heterocycles. The standard InChI is InChI=1S/C21H18N4O3S2/c26-18(23-24-19(27)16-9-5-12-22-14-16)11-13-25-20(28)17(30-21(25)29)10-4-8-15-6-2-1-3-7-15/h1-10,12,14H,11,13H2,(H,23,26)(H,24,27)/b8-4+,17-10-. The van der Waals surface area contributed by atoms with Crippen LogP contribution in [0.4, 0.5) is 0 Å². The van der Waals surface area contributed by atoms with E-state index < -0.39 is 11.8 Å². The molecule has 0 radical (unpaired) electrons. The van der Waals surface area contributed by atoms with Crippen molar-refractivity contribution in [1.29, 1.82) is 0 Å². The summed E-state index contributed by atoms with van der Waals surface area (Å²) in [5.41, 5.74) is 5.97. The van der Waals surface area contributed by atoms with Crippen LogP contribution in [-0.4, -0.2) is 38.5 Å². The van der Waals surface area contributed by atoms with Gasteiger partial charge in [-0.3, -0.25) is 35.1 Å². The van der Waals surface area contributed by atoms with Gasteiger partial charge in [-0.1, -0.05) is 66.5 Å². The molecular formula is C21H18N4O3S2. The lowest BCUT2D eigenvalue weighted by atomic mass is 10.2. The van der Waals surface area contributed by atoms with Gasteiger partial charge in [0.1, 0.15) is 4.32 Å². The summed E-state index contributed by atoms with van der Waals surface area (Å²) < 4.78 is 0.395. The molecule has 0 unspecified atom stereocenters. The van der Waals surface area contributed by atoms with E-state index in [1.807, 2.05) is 36.4 Å².